The second kappa shape index (κ2) is 9.78. The van der Waals surface area contributed by atoms with E-state index < -0.39 is 0 Å². The Morgan fingerprint density at radius 1 is 1.00 bits per heavy atom. The van der Waals surface area contributed by atoms with Crippen LogP contribution in [0.4, 0.5) is 5.69 Å². The molecule has 0 aliphatic carbocycles. The van der Waals surface area contributed by atoms with Crippen molar-refractivity contribution in [1.82, 2.24) is 9.80 Å². The van der Waals surface area contributed by atoms with Crippen molar-refractivity contribution in [1.29, 1.82) is 0 Å². The lowest BCUT2D eigenvalue weighted by molar-refractivity contribution is -0.116. The van der Waals surface area contributed by atoms with E-state index in [0.717, 1.165) is 51.4 Å². The van der Waals surface area contributed by atoms with Gasteiger partial charge in [0.15, 0.2) is 5.78 Å². The third kappa shape index (κ3) is 6.27. The molecule has 5 nitrogen and oxygen atoms in total. The van der Waals surface area contributed by atoms with Crippen molar-refractivity contribution in [3.8, 4) is 0 Å². The molecular weight excluding hydrogens is 358 g/mol. The highest BCUT2D eigenvalue weighted by Gasteiger charge is 2.17. The SMILES string of the molecule is CC(=O)c1ccc(NC(=O)CCN2CCN(CCc3cccs3)CC2)cc1. The van der Waals surface area contributed by atoms with Gasteiger partial charge in [-0.3, -0.25) is 9.59 Å². The van der Waals surface area contributed by atoms with Crippen molar-refractivity contribution in [2.24, 2.45) is 0 Å². The number of carbonyl (C=O) groups excluding carboxylic acids is 2. The van der Waals surface area contributed by atoms with Crippen molar-refractivity contribution >= 4 is 28.7 Å². The van der Waals surface area contributed by atoms with Crippen LogP contribution < -0.4 is 5.32 Å². The van der Waals surface area contributed by atoms with Gasteiger partial charge in [-0.25, -0.2) is 0 Å². The maximum atomic E-state index is 12.2. The van der Waals surface area contributed by atoms with E-state index in [2.05, 4.69) is 32.6 Å². The summed E-state index contributed by atoms with van der Waals surface area (Å²) in [6, 6.07) is 11.4. The number of thiophene rings is 1. The molecule has 0 spiro atoms. The molecule has 1 aliphatic rings. The average Bonchev–Trinajstić information content (AvgIpc) is 3.19. The van der Waals surface area contributed by atoms with Crippen LogP contribution in [0.25, 0.3) is 0 Å². The molecule has 1 aromatic heterocycles. The summed E-state index contributed by atoms with van der Waals surface area (Å²) in [4.78, 5) is 29.8. The lowest BCUT2D eigenvalue weighted by Crippen LogP contribution is -2.47. The summed E-state index contributed by atoms with van der Waals surface area (Å²) in [5.74, 6) is 0.0492. The molecule has 3 rings (SSSR count). The van der Waals surface area contributed by atoms with Gasteiger partial charge in [-0.05, 0) is 49.1 Å². The maximum Gasteiger partial charge on any atom is 0.225 e. The molecule has 0 radical (unpaired) electrons. The van der Waals surface area contributed by atoms with E-state index in [1.54, 1.807) is 24.3 Å². The summed E-state index contributed by atoms with van der Waals surface area (Å²) in [5.41, 5.74) is 1.40. The van der Waals surface area contributed by atoms with E-state index in [9.17, 15) is 9.59 Å². The number of nitrogens with one attached hydrogen (secondary N) is 1. The molecule has 0 atom stereocenters. The standard InChI is InChI=1S/C21H27N3O2S/c1-17(25)18-4-6-19(7-5-18)22-21(26)9-11-24-14-12-23(13-15-24)10-8-20-3-2-16-27-20/h2-7,16H,8-15H2,1H3,(H,22,26). The number of hydrogen-bond donors (Lipinski definition) is 1. The second-order valence-corrected chi connectivity index (χ2v) is 7.98. The smallest absolute Gasteiger partial charge is 0.225 e. The Morgan fingerprint density at radius 3 is 2.26 bits per heavy atom. The van der Waals surface area contributed by atoms with Crippen LogP contribution in [0.2, 0.25) is 0 Å². The van der Waals surface area contributed by atoms with Gasteiger partial charge < -0.3 is 15.1 Å². The molecule has 144 valence electrons. The van der Waals surface area contributed by atoms with Crippen molar-refractivity contribution in [2.45, 2.75) is 19.8 Å². The van der Waals surface area contributed by atoms with Crippen molar-refractivity contribution in [2.75, 3.05) is 44.6 Å². The number of carbonyl (C=O) groups is 2. The third-order valence-corrected chi connectivity index (χ3v) is 5.89. The zero-order chi connectivity index (χ0) is 19.1. The summed E-state index contributed by atoms with van der Waals surface area (Å²) in [6.07, 6.45) is 1.62. The number of rotatable bonds is 8. The Labute approximate surface area is 165 Å². The van der Waals surface area contributed by atoms with E-state index in [0.29, 0.717) is 12.0 Å². The number of hydrogen-bond acceptors (Lipinski definition) is 5. The van der Waals surface area contributed by atoms with Gasteiger partial charge >= 0.3 is 0 Å². The van der Waals surface area contributed by atoms with Crippen molar-refractivity contribution in [3.05, 3.63) is 52.2 Å². The summed E-state index contributed by atoms with van der Waals surface area (Å²) >= 11 is 1.83. The van der Waals surface area contributed by atoms with E-state index in [-0.39, 0.29) is 11.7 Å². The molecule has 1 N–H and O–H groups in total. The number of benzene rings is 1. The lowest BCUT2D eigenvalue weighted by Gasteiger charge is -2.34. The fourth-order valence-electron chi connectivity index (χ4n) is 3.23. The van der Waals surface area contributed by atoms with Gasteiger partial charge in [-0.2, -0.15) is 0 Å². The monoisotopic (exact) mass is 385 g/mol. The van der Waals surface area contributed by atoms with Gasteiger partial charge in [0.05, 0.1) is 0 Å². The van der Waals surface area contributed by atoms with Crippen LogP contribution in [0.15, 0.2) is 41.8 Å². The molecule has 0 unspecified atom stereocenters. The molecule has 0 saturated carbocycles. The van der Waals surface area contributed by atoms with Crippen LogP contribution in [0.1, 0.15) is 28.6 Å². The van der Waals surface area contributed by atoms with Crippen LogP contribution in [-0.2, 0) is 11.2 Å². The number of anilines is 1. The first kappa shape index (κ1) is 19.7. The first-order valence-electron chi connectivity index (χ1n) is 9.48. The topological polar surface area (TPSA) is 52.7 Å². The van der Waals surface area contributed by atoms with Crippen molar-refractivity contribution in [3.63, 3.8) is 0 Å². The molecule has 1 saturated heterocycles. The van der Waals surface area contributed by atoms with Crippen LogP contribution in [-0.4, -0.2) is 60.8 Å². The Balaban J connectivity index is 1.33. The number of nitrogens with zero attached hydrogens (tertiary/aromatic N) is 2. The number of Topliss-reactive ketones (excluding diaryl/α,β-unsaturated/α-hetero) is 1. The van der Waals surface area contributed by atoms with Crippen LogP contribution in [0, 0.1) is 0 Å². The first-order valence-corrected chi connectivity index (χ1v) is 10.4. The minimum Gasteiger partial charge on any atom is -0.326 e. The fourth-order valence-corrected chi connectivity index (χ4v) is 3.93. The van der Waals surface area contributed by atoms with Crippen LogP contribution in [0.5, 0.6) is 0 Å². The predicted molar refractivity (Wildman–Crippen MR) is 111 cm³/mol. The molecule has 6 heteroatoms. The number of piperazine rings is 1. The van der Waals surface area contributed by atoms with E-state index in [1.165, 1.54) is 11.8 Å². The average molecular weight is 386 g/mol. The number of ketones is 1. The Bertz CT molecular complexity index is 735. The van der Waals surface area contributed by atoms with E-state index in [1.807, 2.05) is 11.3 Å². The maximum absolute atomic E-state index is 12.2. The Kier molecular flexibility index (Phi) is 7.15. The highest BCUT2D eigenvalue weighted by atomic mass is 32.1. The summed E-state index contributed by atoms with van der Waals surface area (Å²) in [5, 5.41) is 5.04. The summed E-state index contributed by atoms with van der Waals surface area (Å²) in [6.45, 7) is 7.62. The Morgan fingerprint density at radius 2 is 1.67 bits per heavy atom. The molecule has 1 fully saturated rings. The zero-order valence-corrected chi connectivity index (χ0v) is 16.6. The summed E-state index contributed by atoms with van der Waals surface area (Å²) < 4.78 is 0. The zero-order valence-electron chi connectivity index (χ0n) is 15.8. The molecule has 27 heavy (non-hydrogen) atoms. The van der Waals surface area contributed by atoms with Gasteiger partial charge in [0.1, 0.15) is 0 Å². The second-order valence-electron chi connectivity index (χ2n) is 6.94. The van der Waals surface area contributed by atoms with Gasteiger partial charge in [-0.15, -0.1) is 11.3 Å². The van der Waals surface area contributed by atoms with E-state index >= 15 is 0 Å². The number of amides is 1. The molecule has 1 aliphatic heterocycles. The normalized spacial score (nSPS) is 15.6. The predicted octanol–water partition coefficient (Wildman–Crippen LogP) is 3.14. The third-order valence-electron chi connectivity index (χ3n) is 4.95. The molecule has 2 heterocycles. The van der Waals surface area contributed by atoms with E-state index in [4.69, 9.17) is 0 Å². The highest BCUT2D eigenvalue weighted by Crippen LogP contribution is 2.12. The molecule has 0 bridgehead atoms. The summed E-state index contributed by atoms with van der Waals surface area (Å²) in [7, 11) is 0. The van der Waals surface area contributed by atoms with Gasteiger partial charge in [0, 0.05) is 61.8 Å². The minimum absolute atomic E-state index is 0.0192. The van der Waals surface area contributed by atoms with Crippen molar-refractivity contribution < 1.29 is 9.59 Å². The largest absolute Gasteiger partial charge is 0.326 e. The lowest BCUT2D eigenvalue weighted by atomic mass is 10.1. The highest BCUT2D eigenvalue weighted by molar-refractivity contribution is 7.09. The minimum atomic E-state index is 0.0192. The van der Waals surface area contributed by atoms with Crippen LogP contribution in [0.3, 0.4) is 0 Å². The fraction of sp³-hybridized carbons (Fsp3) is 0.429. The van der Waals surface area contributed by atoms with Gasteiger partial charge in [0.2, 0.25) is 5.91 Å². The Hall–Kier alpha value is -2.02. The molecular formula is C21H27N3O2S. The quantitative estimate of drug-likeness (QED) is 0.710. The van der Waals surface area contributed by atoms with Crippen LogP contribution >= 0.6 is 11.3 Å². The molecule has 2 aromatic rings. The van der Waals surface area contributed by atoms with Gasteiger partial charge in [-0.1, -0.05) is 6.07 Å². The molecule has 1 aromatic carbocycles. The first-order chi connectivity index (χ1) is 13.1. The van der Waals surface area contributed by atoms with Gasteiger partial charge in [0.25, 0.3) is 0 Å². The molecule has 1 amide bonds.